The van der Waals surface area contributed by atoms with Gasteiger partial charge in [0.1, 0.15) is 18.1 Å². The van der Waals surface area contributed by atoms with Gasteiger partial charge in [-0.2, -0.15) is 0 Å². The van der Waals surface area contributed by atoms with E-state index in [-0.39, 0.29) is 30.3 Å². The van der Waals surface area contributed by atoms with Crippen molar-refractivity contribution in [2.45, 2.75) is 94.2 Å². The van der Waals surface area contributed by atoms with Crippen LogP contribution in [-0.4, -0.2) is 107 Å². The van der Waals surface area contributed by atoms with Gasteiger partial charge in [0.2, 0.25) is 23.6 Å². The number of likely N-dealkylation sites (N-methyl/N-ethyl adjacent to an activating group) is 1. The van der Waals surface area contributed by atoms with Crippen LogP contribution in [0.4, 0.5) is 0 Å². The maximum atomic E-state index is 14.0. The van der Waals surface area contributed by atoms with Crippen molar-refractivity contribution < 1.29 is 19.2 Å². The molecule has 5 rings (SSSR count). The van der Waals surface area contributed by atoms with Crippen LogP contribution in [0.2, 0.25) is 0 Å². The minimum atomic E-state index is -0.937. The summed E-state index contributed by atoms with van der Waals surface area (Å²) >= 11 is 0. The zero-order valence-electron chi connectivity index (χ0n) is 27.0. The van der Waals surface area contributed by atoms with Crippen molar-refractivity contribution in [1.82, 2.24) is 25.3 Å². The smallest absolute Gasteiger partial charge is 0.246 e. The van der Waals surface area contributed by atoms with Crippen LogP contribution in [0.1, 0.15) is 50.2 Å². The lowest BCUT2D eigenvalue weighted by Gasteiger charge is -2.38. The minimum absolute atomic E-state index is 0.00795. The molecule has 3 aliphatic rings. The summed E-state index contributed by atoms with van der Waals surface area (Å²) in [7, 11) is 2.09. The number of benzene rings is 2. The standard InChI is InChI=1S/C35H49N7O4/c1-23-17-30(34(45)42(23)31(15-9-10-16-36)35(46)41-22-26-20-27(41)21-40(26)2)39-33(44)29(19-25-13-7-4-8-14-25)38-32(43)28(37)18-24-11-5-3-6-12-24/h3-8,11-14,23,26-31H,9-10,15-22,36-37H2,1-2H3,(H,38,43)(H,39,44). The molecule has 0 spiro atoms. The monoisotopic (exact) mass is 631 g/mol. The molecule has 11 heteroatoms. The van der Waals surface area contributed by atoms with Gasteiger partial charge in [-0.25, -0.2) is 0 Å². The van der Waals surface area contributed by atoms with Crippen molar-refractivity contribution in [1.29, 1.82) is 0 Å². The number of piperazine rings is 1. The largest absolute Gasteiger partial charge is 0.343 e. The van der Waals surface area contributed by atoms with Gasteiger partial charge in [-0.15, -0.1) is 0 Å². The molecule has 3 saturated heterocycles. The van der Waals surface area contributed by atoms with Crippen LogP contribution in [-0.2, 0) is 32.0 Å². The van der Waals surface area contributed by atoms with Crippen molar-refractivity contribution >= 4 is 23.6 Å². The lowest BCUT2D eigenvalue weighted by Crippen LogP contribution is -2.58. The van der Waals surface area contributed by atoms with E-state index in [1.54, 1.807) is 4.90 Å². The predicted molar refractivity (Wildman–Crippen MR) is 176 cm³/mol. The molecule has 3 aliphatic heterocycles. The number of carbonyl (C=O) groups is 4. The van der Waals surface area contributed by atoms with Crippen molar-refractivity contribution in [3.8, 4) is 0 Å². The molecule has 4 amide bonds. The maximum Gasteiger partial charge on any atom is 0.246 e. The Bertz CT molecular complexity index is 1360. The van der Waals surface area contributed by atoms with Crippen molar-refractivity contribution in [3.63, 3.8) is 0 Å². The molecule has 0 saturated carbocycles. The van der Waals surface area contributed by atoms with Gasteiger partial charge in [0, 0.05) is 37.6 Å². The second kappa shape index (κ2) is 15.2. The summed E-state index contributed by atoms with van der Waals surface area (Å²) in [6.07, 6.45) is 3.93. The molecule has 7 atom stereocenters. The van der Waals surface area contributed by atoms with Crippen LogP contribution >= 0.6 is 0 Å². The number of amides is 4. The Hall–Kier alpha value is -3.80. The third kappa shape index (κ3) is 7.76. The minimum Gasteiger partial charge on any atom is -0.343 e. The number of fused-ring (bicyclic) bond motifs is 2. The molecule has 7 unspecified atom stereocenters. The summed E-state index contributed by atoms with van der Waals surface area (Å²) in [5.41, 5.74) is 13.8. The molecular formula is C35H49N7O4. The van der Waals surface area contributed by atoms with Gasteiger partial charge in [0.15, 0.2) is 0 Å². The molecule has 11 nitrogen and oxygen atoms in total. The Balaban J connectivity index is 1.28. The van der Waals surface area contributed by atoms with E-state index in [2.05, 4.69) is 22.6 Å². The normalized spacial score (nSPS) is 24.6. The van der Waals surface area contributed by atoms with Crippen molar-refractivity contribution in [2.24, 2.45) is 11.5 Å². The molecule has 0 radical (unpaired) electrons. The first-order valence-electron chi connectivity index (χ1n) is 16.6. The van der Waals surface area contributed by atoms with Gasteiger partial charge >= 0.3 is 0 Å². The van der Waals surface area contributed by atoms with Gasteiger partial charge in [-0.1, -0.05) is 60.7 Å². The molecule has 248 valence electrons. The number of nitrogens with one attached hydrogen (secondary N) is 2. The number of unbranched alkanes of at least 4 members (excludes halogenated alkanes) is 1. The number of rotatable bonds is 14. The first kappa shape index (κ1) is 33.6. The van der Waals surface area contributed by atoms with E-state index in [1.807, 2.05) is 72.5 Å². The van der Waals surface area contributed by atoms with Crippen LogP contribution < -0.4 is 22.1 Å². The third-order valence-electron chi connectivity index (χ3n) is 9.82. The van der Waals surface area contributed by atoms with Crippen molar-refractivity contribution in [2.75, 3.05) is 26.7 Å². The lowest BCUT2D eigenvalue weighted by molar-refractivity contribution is -0.147. The highest BCUT2D eigenvalue weighted by atomic mass is 16.2. The van der Waals surface area contributed by atoms with E-state index in [0.717, 1.165) is 36.9 Å². The Labute approximate surface area is 272 Å². The van der Waals surface area contributed by atoms with Crippen LogP contribution in [0.25, 0.3) is 0 Å². The number of nitrogens with zero attached hydrogens (tertiary/aromatic N) is 3. The maximum absolute atomic E-state index is 14.0. The Morgan fingerprint density at radius 1 is 0.891 bits per heavy atom. The second-order valence-electron chi connectivity index (χ2n) is 13.2. The molecule has 3 heterocycles. The van der Waals surface area contributed by atoms with Gasteiger partial charge < -0.3 is 31.9 Å². The quantitative estimate of drug-likeness (QED) is 0.225. The van der Waals surface area contributed by atoms with E-state index in [9.17, 15) is 19.2 Å². The third-order valence-corrected chi connectivity index (χ3v) is 9.82. The summed E-state index contributed by atoms with van der Waals surface area (Å²) in [5, 5.41) is 5.78. The molecule has 2 bridgehead atoms. The molecule has 46 heavy (non-hydrogen) atoms. The van der Waals surface area contributed by atoms with Gasteiger partial charge in [0.25, 0.3) is 0 Å². The molecule has 2 aromatic carbocycles. The fourth-order valence-corrected chi connectivity index (χ4v) is 7.30. The molecule has 0 aliphatic carbocycles. The summed E-state index contributed by atoms with van der Waals surface area (Å²) in [5.74, 6) is -1.17. The first-order valence-corrected chi connectivity index (χ1v) is 16.6. The first-order chi connectivity index (χ1) is 22.2. The van der Waals surface area contributed by atoms with Crippen LogP contribution in [0, 0.1) is 0 Å². The zero-order valence-corrected chi connectivity index (χ0v) is 27.0. The average molecular weight is 632 g/mol. The second-order valence-corrected chi connectivity index (χ2v) is 13.2. The van der Waals surface area contributed by atoms with Crippen molar-refractivity contribution in [3.05, 3.63) is 71.8 Å². The van der Waals surface area contributed by atoms with E-state index in [1.165, 1.54) is 0 Å². The highest BCUT2D eigenvalue weighted by Crippen LogP contribution is 2.33. The summed E-state index contributed by atoms with van der Waals surface area (Å²) in [6.45, 7) is 3.98. The molecule has 6 N–H and O–H groups in total. The topological polar surface area (TPSA) is 154 Å². The Kier molecular flexibility index (Phi) is 11.1. The molecule has 3 fully saturated rings. The number of hydrogen-bond donors (Lipinski definition) is 4. The zero-order chi connectivity index (χ0) is 32.8. The number of carbonyl (C=O) groups excluding carboxylic acids is 4. The number of nitrogens with two attached hydrogens (primary N) is 2. The van der Waals surface area contributed by atoms with E-state index >= 15 is 0 Å². The Morgan fingerprint density at radius 3 is 2.13 bits per heavy atom. The van der Waals surface area contributed by atoms with E-state index in [0.29, 0.717) is 38.4 Å². The van der Waals surface area contributed by atoms with Gasteiger partial charge in [0.05, 0.1) is 6.04 Å². The highest BCUT2D eigenvalue weighted by Gasteiger charge is 2.49. The molecule has 0 aromatic heterocycles. The van der Waals surface area contributed by atoms with E-state index in [4.69, 9.17) is 11.5 Å². The van der Waals surface area contributed by atoms with Crippen LogP contribution in [0.5, 0.6) is 0 Å². The summed E-state index contributed by atoms with van der Waals surface area (Å²) in [4.78, 5) is 60.9. The SMILES string of the molecule is CC1CC(NC(=O)C(Cc2ccccc2)NC(=O)C(N)Cc2ccccc2)C(=O)N1C(CCCCN)C(=O)N1CC2CC1CN2C. The highest BCUT2D eigenvalue weighted by molar-refractivity contribution is 5.96. The van der Waals surface area contributed by atoms with Crippen LogP contribution in [0.15, 0.2) is 60.7 Å². The fraction of sp³-hybridized carbons (Fsp3) is 0.543. The Morgan fingerprint density at radius 2 is 1.54 bits per heavy atom. The van der Waals surface area contributed by atoms with E-state index < -0.39 is 36.0 Å². The van der Waals surface area contributed by atoms with Crippen LogP contribution in [0.3, 0.4) is 0 Å². The molecule has 2 aromatic rings. The summed E-state index contributed by atoms with van der Waals surface area (Å²) < 4.78 is 0. The average Bonchev–Trinajstić information content (AvgIpc) is 3.71. The predicted octanol–water partition coefficient (Wildman–Crippen LogP) is 0.802. The molecular weight excluding hydrogens is 582 g/mol. The summed E-state index contributed by atoms with van der Waals surface area (Å²) in [6, 6.07) is 16.0. The lowest BCUT2D eigenvalue weighted by atomic mass is 10.0. The number of likely N-dealkylation sites (tertiary alicyclic amines) is 3. The number of hydrogen-bond acceptors (Lipinski definition) is 7. The van der Waals surface area contributed by atoms with Gasteiger partial charge in [-0.3, -0.25) is 24.1 Å². The fourth-order valence-electron chi connectivity index (χ4n) is 7.30. The van der Waals surface area contributed by atoms with Gasteiger partial charge in [-0.05, 0) is 70.2 Å².